The van der Waals surface area contributed by atoms with Gasteiger partial charge in [0.05, 0.1) is 24.5 Å². The maximum absolute atomic E-state index is 13.2. The van der Waals surface area contributed by atoms with E-state index in [2.05, 4.69) is 25.2 Å². The molecule has 0 saturated carbocycles. The lowest BCUT2D eigenvalue weighted by molar-refractivity contribution is -0.121. The summed E-state index contributed by atoms with van der Waals surface area (Å²) >= 11 is 0. The number of pyridine rings is 1. The quantitative estimate of drug-likeness (QED) is 0.347. The Morgan fingerprint density at radius 1 is 1.00 bits per heavy atom. The summed E-state index contributed by atoms with van der Waals surface area (Å²) in [6.45, 7) is 3.24. The predicted molar refractivity (Wildman–Crippen MR) is 149 cm³/mol. The number of aromatic nitrogens is 5. The molecule has 0 bridgehead atoms. The lowest BCUT2D eigenvalue weighted by Crippen LogP contribution is -2.56. The van der Waals surface area contributed by atoms with Crippen molar-refractivity contribution in [2.45, 2.75) is 25.6 Å². The molecular formula is C29H30N8O4. The zero-order valence-electron chi connectivity index (χ0n) is 22.4. The number of imidazole rings is 1. The fourth-order valence-corrected chi connectivity index (χ4v) is 5.04. The summed E-state index contributed by atoms with van der Waals surface area (Å²) in [5.74, 6) is 2.51. The van der Waals surface area contributed by atoms with Crippen LogP contribution < -0.4 is 19.7 Å². The number of nitrogens with zero attached hydrogens (tertiary/aromatic N) is 7. The van der Waals surface area contributed by atoms with Gasteiger partial charge in [0.2, 0.25) is 5.91 Å². The van der Waals surface area contributed by atoms with Gasteiger partial charge in [0.15, 0.2) is 11.5 Å². The van der Waals surface area contributed by atoms with E-state index in [1.807, 2.05) is 35.0 Å². The van der Waals surface area contributed by atoms with E-state index in [1.165, 1.54) is 0 Å². The number of ether oxygens (including phenoxy) is 2. The Hall–Kier alpha value is -5.00. The first-order chi connectivity index (χ1) is 20.1. The van der Waals surface area contributed by atoms with Gasteiger partial charge in [-0.05, 0) is 35.9 Å². The van der Waals surface area contributed by atoms with Crippen molar-refractivity contribution in [1.29, 1.82) is 0 Å². The summed E-state index contributed by atoms with van der Waals surface area (Å²) < 4.78 is 13.1. The molecule has 12 nitrogen and oxygen atoms in total. The van der Waals surface area contributed by atoms with Crippen molar-refractivity contribution in [2.24, 2.45) is 0 Å². The predicted octanol–water partition coefficient (Wildman–Crippen LogP) is 1.93. The first-order valence-electron chi connectivity index (χ1n) is 13.5. The van der Waals surface area contributed by atoms with Gasteiger partial charge in [-0.25, -0.2) is 15.0 Å². The highest BCUT2D eigenvalue weighted by Gasteiger charge is 2.32. The van der Waals surface area contributed by atoms with Crippen molar-refractivity contribution in [3.8, 4) is 11.5 Å². The summed E-state index contributed by atoms with van der Waals surface area (Å²) in [5, 5.41) is 3.02. The largest absolute Gasteiger partial charge is 0.486 e. The third-order valence-electron chi connectivity index (χ3n) is 7.06. The number of amides is 2. The van der Waals surface area contributed by atoms with Crippen LogP contribution in [0.4, 0.5) is 5.82 Å². The number of anilines is 1. The van der Waals surface area contributed by atoms with Crippen LogP contribution in [0.15, 0.2) is 73.7 Å². The molecule has 3 aromatic heterocycles. The topological polar surface area (TPSA) is 128 Å². The maximum atomic E-state index is 13.2. The molecule has 4 aromatic rings. The Morgan fingerprint density at radius 2 is 1.90 bits per heavy atom. The van der Waals surface area contributed by atoms with Crippen LogP contribution in [0.2, 0.25) is 0 Å². The van der Waals surface area contributed by atoms with Gasteiger partial charge in [-0.15, -0.1) is 0 Å². The van der Waals surface area contributed by atoms with Crippen LogP contribution in [-0.2, 0) is 17.9 Å². The van der Waals surface area contributed by atoms with Crippen LogP contribution in [0.25, 0.3) is 0 Å². The van der Waals surface area contributed by atoms with Crippen LogP contribution in [0.3, 0.4) is 0 Å². The average molecular weight is 555 g/mol. The summed E-state index contributed by atoms with van der Waals surface area (Å²) in [4.78, 5) is 47.7. The molecule has 0 aliphatic carbocycles. The molecule has 210 valence electrons. The third kappa shape index (κ3) is 6.26. The van der Waals surface area contributed by atoms with Crippen molar-refractivity contribution in [3.63, 3.8) is 0 Å². The maximum Gasteiger partial charge on any atom is 0.255 e. The van der Waals surface area contributed by atoms with Crippen molar-refractivity contribution >= 4 is 17.6 Å². The van der Waals surface area contributed by atoms with Gasteiger partial charge in [0.25, 0.3) is 5.91 Å². The van der Waals surface area contributed by atoms with Gasteiger partial charge in [-0.2, -0.15) is 0 Å². The van der Waals surface area contributed by atoms with Crippen molar-refractivity contribution in [3.05, 3.63) is 90.7 Å². The van der Waals surface area contributed by atoms with Gasteiger partial charge >= 0.3 is 0 Å². The lowest BCUT2D eigenvalue weighted by Gasteiger charge is -2.42. The summed E-state index contributed by atoms with van der Waals surface area (Å²) in [7, 11) is 0. The van der Waals surface area contributed by atoms with Crippen LogP contribution in [0.1, 0.15) is 28.2 Å². The fourth-order valence-electron chi connectivity index (χ4n) is 5.04. The molecular weight excluding hydrogens is 524 g/mol. The monoisotopic (exact) mass is 554 g/mol. The number of piperazine rings is 1. The molecule has 1 saturated heterocycles. The van der Waals surface area contributed by atoms with Gasteiger partial charge in [-0.1, -0.05) is 6.07 Å². The Balaban J connectivity index is 1.17. The minimum Gasteiger partial charge on any atom is -0.486 e. The Morgan fingerprint density at radius 3 is 2.73 bits per heavy atom. The number of nitrogens with one attached hydrogen (secondary N) is 1. The highest BCUT2D eigenvalue weighted by atomic mass is 16.6. The molecule has 1 unspecified atom stereocenters. The molecule has 2 amide bonds. The van der Waals surface area contributed by atoms with Crippen molar-refractivity contribution in [1.82, 2.24) is 34.7 Å². The van der Waals surface area contributed by atoms with E-state index in [9.17, 15) is 9.59 Å². The Labute approximate surface area is 237 Å². The van der Waals surface area contributed by atoms with E-state index < -0.39 is 0 Å². The van der Waals surface area contributed by atoms with Crippen molar-refractivity contribution in [2.75, 3.05) is 37.7 Å². The summed E-state index contributed by atoms with van der Waals surface area (Å²) in [5.41, 5.74) is 1.43. The van der Waals surface area contributed by atoms with Gasteiger partial charge in [-0.3, -0.25) is 14.6 Å². The van der Waals surface area contributed by atoms with Crippen LogP contribution >= 0.6 is 0 Å². The molecule has 1 N–H and O–H groups in total. The number of benzene rings is 1. The van der Waals surface area contributed by atoms with E-state index in [1.54, 1.807) is 48.1 Å². The van der Waals surface area contributed by atoms with E-state index >= 15 is 0 Å². The first kappa shape index (κ1) is 26.2. The van der Waals surface area contributed by atoms with E-state index in [0.29, 0.717) is 74.6 Å². The minimum atomic E-state index is -0.291. The highest BCUT2D eigenvalue weighted by Crippen LogP contribution is 2.30. The van der Waals surface area contributed by atoms with E-state index in [4.69, 9.17) is 14.5 Å². The van der Waals surface area contributed by atoms with E-state index in [0.717, 1.165) is 5.56 Å². The molecule has 1 atom stereocenters. The Kier molecular flexibility index (Phi) is 7.70. The lowest BCUT2D eigenvalue weighted by atomic mass is 10.1. The second-order valence-electron chi connectivity index (χ2n) is 9.87. The second-order valence-corrected chi connectivity index (χ2v) is 9.87. The number of carbonyl (C=O) groups excluding carboxylic acids is 2. The van der Waals surface area contributed by atoms with E-state index in [-0.39, 0.29) is 24.3 Å². The van der Waals surface area contributed by atoms with Crippen LogP contribution in [-0.4, -0.2) is 80.1 Å². The number of hydrogen-bond acceptors (Lipinski definition) is 9. The number of fused-ring (bicyclic) bond motifs is 1. The van der Waals surface area contributed by atoms with Gasteiger partial charge in [0.1, 0.15) is 24.9 Å². The molecule has 0 spiro atoms. The average Bonchev–Trinajstić information content (AvgIpc) is 3.53. The normalized spacial score (nSPS) is 16.3. The van der Waals surface area contributed by atoms with Crippen molar-refractivity contribution < 1.29 is 19.1 Å². The molecule has 2 aliphatic rings. The molecule has 5 heterocycles. The van der Waals surface area contributed by atoms with Gasteiger partial charge < -0.3 is 29.2 Å². The van der Waals surface area contributed by atoms with Gasteiger partial charge in [0, 0.05) is 63.6 Å². The number of carbonyl (C=O) groups is 2. The smallest absolute Gasteiger partial charge is 0.255 e. The highest BCUT2D eigenvalue weighted by molar-refractivity contribution is 5.94. The van der Waals surface area contributed by atoms with Crippen LogP contribution in [0, 0.1) is 0 Å². The third-order valence-corrected chi connectivity index (χ3v) is 7.06. The standard InChI is InChI=1S/C29H30N8O4/c38-28(33-16-21-3-4-24-25(14-21)41-13-12-40-24)15-23-18-36(29(39)22-2-1-6-30-17-22)10-11-37(23)27-5-7-32-26(34-27)19-35-9-8-31-20-35/h1-9,14,17,20,23H,10-13,15-16,18-19H2,(H,33,38). The molecule has 6 rings (SSSR count). The fraction of sp³-hybridized carbons (Fsp3) is 0.310. The molecule has 41 heavy (non-hydrogen) atoms. The number of hydrogen-bond donors (Lipinski definition) is 1. The minimum absolute atomic E-state index is 0.108. The molecule has 1 aromatic carbocycles. The molecule has 2 aliphatic heterocycles. The summed E-state index contributed by atoms with van der Waals surface area (Å²) in [6, 6.07) is 10.7. The first-order valence-corrected chi connectivity index (χ1v) is 13.5. The number of rotatable bonds is 8. The second kappa shape index (κ2) is 12.0. The molecule has 1 fully saturated rings. The molecule has 0 radical (unpaired) electrons. The molecule has 12 heteroatoms. The van der Waals surface area contributed by atoms with Crippen LogP contribution in [0.5, 0.6) is 11.5 Å². The Bertz CT molecular complexity index is 1500. The zero-order valence-corrected chi connectivity index (χ0v) is 22.4. The summed E-state index contributed by atoms with van der Waals surface area (Å²) in [6.07, 6.45) is 10.4. The SMILES string of the molecule is O=C(CC1CN(C(=O)c2cccnc2)CCN1c1ccnc(Cn2ccnc2)n1)NCc1ccc2c(c1)OCCO2. The zero-order chi connectivity index (χ0) is 28.0.